The third-order valence-electron chi connectivity index (χ3n) is 2.18. The van der Waals surface area contributed by atoms with Gasteiger partial charge in [0.2, 0.25) is 0 Å². The van der Waals surface area contributed by atoms with Crippen molar-refractivity contribution < 1.29 is 0 Å². The Labute approximate surface area is 71.0 Å². The van der Waals surface area contributed by atoms with Crippen molar-refractivity contribution >= 4 is 0 Å². The smallest absolute Gasteiger partial charge is 0.0479 e. The van der Waals surface area contributed by atoms with Crippen LogP contribution in [0.1, 0.15) is 33.6 Å². The molecule has 0 radical (unpaired) electrons. The molecule has 2 heteroatoms. The topological polar surface area (TPSA) is 15.3 Å². The van der Waals surface area contributed by atoms with Crippen molar-refractivity contribution in [3.8, 4) is 0 Å². The molecule has 0 rings (SSSR count). The van der Waals surface area contributed by atoms with E-state index >= 15 is 0 Å². The van der Waals surface area contributed by atoms with E-state index in [1.807, 2.05) is 0 Å². The van der Waals surface area contributed by atoms with Crippen LogP contribution in [-0.2, 0) is 0 Å². The second-order valence-electron chi connectivity index (χ2n) is 3.05. The van der Waals surface area contributed by atoms with Gasteiger partial charge in [-0.3, -0.25) is 4.90 Å². The molecule has 0 aliphatic carbocycles. The lowest BCUT2D eigenvalue weighted by Crippen LogP contribution is -2.37. The van der Waals surface area contributed by atoms with Crippen molar-refractivity contribution in [3.05, 3.63) is 0 Å². The van der Waals surface area contributed by atoms with E-state index in [-0.39, 0.29) is 0 Å². The fourth-order valence-electron chi connectivity index (χ4n) is 0.974. The van der Waals surface area contributed by atoms with E-state index in [2.05, 4.69) is 38.0 Å². The molecule has 0 heterocycles. The number of nitrogens with one attached hydrogen (secondary N) is 1. The highest BCUT2D eigenvalue weighted by molar-refractivity contribution is 4.61. The second-order valence-corrected chi connectivity index (χ2v) is 3.05. The van der Waals surface area contributed by atoms with Gasteiger partial charge in [-0.15, -0.1) is 0 Å². The number of rotatable bonds is 6. The molecule has 0 aromatic heterocycles. The Hall–Kier alpha value is -0.0800. The average molecular weight is 158 g/mol. The van der Waals surface area contributed by atoms with E-state index < -0.39 is 0 Å². The van der Waals surface area contributed by atoms with Crippen LogP contribution < -0.4 is 5.32 Å². The van der Waals surface area contributed by atoms with Gasteiger partial charge >= 0.3 is 0 Å². The first-order valence-electron chi connectivity index (χ1n) is 4.66. The van der Waals surface area contributed by atoms with Crippen molar-refractivity contribution in [1.29, 1.82) is 0 Å². The predicted octanol–water partition coefficient (Wildman–Crippen LogP) is 1.67. The Kier molecular flexibility index (Phi) is 6.57. The monoisotopic (exact) mass is 158 g/mol. The normalized spacial score (nSPS) is 11.5. The molecule has 0 spiro atoms. The molecule has 68 valence electrons. The van der Waals surface area contributed by atoms with E-state index in [1.165, 1.54) is 12.8 Å². The highest BCUT2D eigenvalue weighted by Gasteiger charge is 2.01. The molecule has 2 nitrogen and oxygen atoms in total. The van der Waals surface area contributed by atoms with E-state index in [9.17, 15) is 0 Å². The van der Waals surface area contributed by atoms with E-state index in [4.69, 9.17) is 0 Å². The molecule has 0 fully saturated rings. The van der Waals surface area contributed by atoms with Gasteiger partial charge in [-0.1, -0.05) is 20.8 Å². The van der Waals surface area contributed by atoms with Crippen LogP contribution in [0, 0.1) is 0 Å². The average Bonchev–Trinajstić information content (AvgIpc) is 2.06. The summed E-state index contributed by atoms with van der Waals surface area (Å²) < 4.78 is 0. The number of hydrogen-bond donors (Lipinski definition) is 1. The summed E-state index contributed by atoms with van der Waals surface area (Å²) in [5.41, 5.74) is 0. The first kappa shape index (κ1) is 10.9. The van der Waals surface area contributed by atoms with Gasteiger partial charge in [0, 0.05) is 12.7 Å². The fourth-order valence-corrected chi connectivity index (χ4v) is 0.974. The molecule has 0 saturated heterocycles. The van der Waals surface area contributed by atoms with Crippen LogP contribution in [0.15, 0.2) is 0 Å². The zero-order valence-electron chi connectivity index (χ0n) is 8.35. The molecule has 0 amide bonds. The Morgan fingerprint density at radius 3 is 2.09 bits per heavy atom. The Morgan fingerprint density at radius 2 is 1.73 bits per heavy atom. The van der Waals surface area contributed by atoms with Crippen molar-refractivity contribution in [3.63, 3.8) is 0 Å². The molecule has 0 aliphatic rings. The lowest BCUT2D eigenvalue weighted by Gasteiger charge is -2.20. The molecule has 0 aromatic carbocycles. The molecule has 0 aromatic rings. The van der Waals surface area contributed by atoms with Crippen LogP contribution in [0.2, 0.25) is 0 Å². The summed E-state index contributed by atoms with van der Waals surface area (Å²) in [5.74, 6) is 0. The van der Waals surface area contributed by atoms with Crippen LogP contribution >= 0.6 is 0 Å². The quantitative estimate of drug-likeness (QED) is 0.592. The molecule has 0 unspecified atom stereocenters. The second kappa shape index (κ2) is 6.62. The van der Waals surface area contributed by atoms with Crippen LogP contribution in [-0.4, -0.2) is 31.2 Å². The number of hydrogen-bond acceptors (Lipinski definition) is 2. The molecule has 1 N–H and O–H groups in total. The van der Waals surface area contributed by atoms with Crippen molar-refractivity contribution in [2.24, 2.45) is 0 Å². The molecular weight excluding hydrogens is 136 g/mol. The van der Waals surface area contributed by atoms with Crippen molar-refractivity contribution in [2.75, 3.05) is 20.3 Å². The zero-order valence-corrected chi connectivity index (χ0v) is 8.35. The molecule has 0 aliphatic heterocycles. The summed E-state index contributed by atoms with van der Waals surface area (Å²) in [6.45, 7) is 8.77. The number of nitrogens with zero attached hydrogens (tertiary/aromatic N) is 1. The van der Waals surface area contributed by atoms with E-state index in [0.717, 1.165) is 13.2 Å². The van der Waals surface area contributed by atoms with Gasteiger partial charge in [-0.2, -0.15) is 0 Å². The van der Waals surface area contributed by atoms with Crippen molar-refractivity contribution in [1.82, 2.24) is 10.2 Å². The van der Waals surface area contributed by atoms with E-state index in [0.29, 0.717) is 6.04 Å². The SMILES string of the molecule is CCC(CC)NCN(C)CC. The third kappa shape index (κ3) is 5.22. The minimum atomic E-state index is 0.698. The first-order valence-corrected chi connectivity index (χ1v) is 4.66. The summed E-state index contributed by atoms with van der Waals surface area (Å²) in [5, 5.41) is 3.50. The maximum atomic E-state index is 3.50. The molecule has 0 bridgehead atoms. The van der Waals surface area contributed by atoms with Gasteiger partial charge < -0.3 is 5.32 Å². The van der Waals surface area contributed by atoms with Crippen LogP contribution in [0.4, 0.5) is 0 Å². The van der Waals surface area contributed by atoms with Gasteiger partial charge in [-0.25, -0.2) is 0 Å². The van der Waals surface area contributed by atoms with Gasteiger partial charge in [0.05, 0.1) is 0 Å². The summed E-state index contributed by atoms with van der Waals surface area (Å²) in [6, 6.07) is 0.698. The Balaban J connectivity index is 3.34. The van der Waals surface area contributed by atoms with Crippen LogP contribution in [0.25, 0.3) is 0 Å². The maximum absolute atomic E-state index is 3.50. The maximum Gasteiger partial charge on any atom is 0.0479 e. The first-order chi connectivity index (χ1) is 5.24. The van der Waals surface area contributed by atoms with Gasteiger partial charge in [-0.05, 0) is 26.4 Å². The molecule has 0 saturated carbocycles. The predicted molar refractivity (Wildman–Crippen MR) is 50.7 cm³/mol. The van der Waals surface area contributed by atoms with E-state index in [1.54, 1.807) is 0 Å². The summed E-state index contributed by atoms with van der Waals surface area (Å²) in [4.78, 5) is 2.28. The Morgan fingerprint density at radius 1 is 1.18 bits per heavy atom. The molecule has 0 atom stereocenters. The summed E-state index contributed by atoms with van der Waals surface area (Å²) in [7, 11) is 2.13. The Bertz CT molecular complexity index is 79.6. The highest BCUT2D eigenvalue weighted by Crippen LogP contribution is 1.95. The van der Waals surface area contributed by atoms with Gasteiger partial charge in [0.15, 0.2) is 0 Å². The van der Waals surface area contributed by atoms with Crippen LogP contribution in [0.3, 0.4) is 0 Å². The lowest BCUT2D eigenvalue weighted by atomic mass is 10.2. The minimum absolute atomic E-state index is 0.698. The lowest BCUT2D eigenvalue weighted by molar-refractivity contribution is 0.294. The standard InChI is InChI=1S/C9H22N2/c1-5-9(6-2)10-8-11(4)7-3/h9-10H,5-8H2,1-4H3. The highest BCUT2D eigenvalue weighted by atomic mass is 15.2. The van der Waals surface area contributed by atoms with Crippen molar-refractivity contribution in [2.45, 2.75) is 39.7 Å². The zero-order chi connectivity index (χ0) is 8.69. The third-order valence-corrected chi connectivity index (χ3v) is 2.18. The minimum Gasteiger partial charge on any atom is -0.302 e. The van der Waals surface area contributed by atoms with Gasteiger partial charge in [0.1, 0.15) is 0 Å². The van der Waals surface area contributed by atoms with Gasteiger partial charge in [0.25, 0.3) is 0 Å². The largest absolute Gasteiger partial charge is 0.302 e. The summed E-state index contributed by atoms with van der Waals surface area (Å²) >= 11 is 0. The summed E-state index contributed by atoms with van der Waals surface area (Å²) in [6.07, 6.45) is 2.46. The fraction of sp³-hybridized carbons (Fsp3) is 1.00. The van der Waals surface area contributed by atoms with Crippen LogP contribution in [0.5, 0.6) is 0 Å². The molecular formula is C9H22N2. The molecule has 11 heavy (non-hydrogen) atoms.